The third-order valence-electron chi connectivity index (χ3n) is 3.41. The molecule has 0 aromatic heterocycles. The van der Waals surface area contributed by atoms with E-state index in [1.54, 1.807) is 18.2 Å². The maximum atomic E-state index is 12.4. The van der Waals surface area contributed by atoms with E-state index in [0.29, 0.717) is 36.2 Å². The predicted octanol–water partition coefficient (Wildman–Crippen LogP) is 1.92. The number of halogens is 2. The first kappa shape index (κ1) is 20.5. The van der Waals surface area contributed by atoms with Gasteiger partial charge in [-0.1, -0.05) is 4.52 Å². The minimum atomic E-state index is -2.74. The number of benzene rings is 1. The fourth-order valence-electron chi connectivity index (χ4n) is 2.16. The van der Waals surface area contributed by atoms with Crippen LogP contribution in [-0.2, 0) is 15.5 Å². The van der Waals surface area contributed by atoms with Gasteiger partial charge in [-0.05, 0) is 30.2 Å². The smallest absolute Gasteiger partial charge is 0.489 e. The van der Waals surface area contributed by atoms with Crippen LogP contribution in [0.3, 0.4) is 0 Å². The summed E-state index contributed by atoms with van der Waals surface area (Å²) in [6.45, 7) is 0.255. The fourth-order valence-corrected chi connectivity index (χ4v) is 2.39. The summed E-state index contributed by atoms with van der Waals surface area (Å²) < 4.78 is 33.0. The second-order valence-corrected chi connectivity index (χ2v) is 5.63. The van der Waals surface area contributed by atoms with Gasteiger partial charge in [0.2, 0.25) is 0 Å². The Kier molecular flexibility index (Phi) is 8.24. The zero-order valence-electron chi connectivity index (χ0n) is 12.7. The number of hydrogen-bond donors (Lipinski definition) is 2. The Hall–Kier alpha value is -1.57. The van der Waals surface area contributed by atoms with E-state index in [-0.39, 0.29) is 38.2 Å². The summed E-state index contributed by atoms with van der Waals surface area (Å²) in [5.74, 6) is 0.244. The molecule has 0 aliphatic carbocycles. The highest BCUT2D eigenvalue weighted by Gasteiger charge is 2.27. The largest absolute Gasteiger partial charge is 0.696 e. The maximum Gasteiger partial charge on any atom is 0.696 e. The lowest BCUT2D eigenvalue weighted by molar-refractivity contribution is 0.0575. The molecule has 1 amide bonds. The van der Waals surface area contributed by atoms with Crippen LogP contribution < -0.4 is 10.5 Å². The van der Waals surface area contributed by atoms with E-state index in [9.17, 15) is 13.8 Å². The van der Waals surface area contributed by atoms with Gasteiger partial charge in [-0.3, -0.25) is 4.79 Å². The molecule has 1 heterocycles. The van der Waals surface area contributed by atoms with Crippen molar-refractivity contribution >= 4 is 26.6 Å². The van der Waals surface area contributed by atoms with E-state index in [1.807, 2.05) is 0 Å². The van der Waals surface area contributed by atoms with E-state index in [0.717, 1.165) is 5.56 Å². The summed E-state index contributed by atoms with van der Waals surface area (Å²) in [4.78, 5) is 22.2. The SMILES string of the molecule is Cl.NC/C(=C\F)COc1ccc2c(c1)CCN(CO[P+](=O)O)C2=O. The Balaban J connectivity index is 0.00000288. The summed E-state index contributed by atoms with van der Waals surface area (Å²) in [7, 11) is -2.74. The highest BCUT2D eigenvalue weighted by Crippen LogP contribution is 2.25. The second-order valence-electron chi connectivity index (χ2n) is 4.89. The van der Waals surface area contributed by atoms with Crippen LogP contribution in [0.1, 0.15) is 15.9 Å². The Morgan fingerprint density at radius 1 is 1.50 bits per heavy atom. The molecular weight excluding hydrogens is 362 g/mol. The van der Waals surface area contributed by atoms with Gasteiger partial charge in [-0.2, -0.15) is 0 Å². The molecule has 1 aliphatic heterocycles. The molecule has 1 aromatic carbocycles. The van der Waals surface area contributed by atoms with E-state index in [1.165, 1.54) is 4.90 Å². The van der Waals surface area contributed by atoms with E-state index >= 15 is 0 Å². The molecule has 1 unspecified atom stereocenters. The van der Waals surface area contributed by atoms with E-state index < -0.39 is 8.25 Å². The van der Waals surface area contributed by atoms with Crippen LogP contribution in [0.15, 0.2) is 30.1 Å². The van der Waals surface area contributed by atoms with Gasteiger partial charge in [-0.15, -0.1) is 17.3 Å². The molecule has 1 aliphatic rings. The van der Waals surface area contributed by atoms with Crippen molar-refractivity contribution in [3.63, 3.8) is 0 Å². The molecule has 0 saturated heterocycles. The summed E-state index contributed by atoms with van der Waals surface area (Å²) in [5.41, 5.74) is 6.97. The second kappa shape index (κ2) is 9.66. The van der Waals surface area contributed by atoms with Gasteiger partial charge in [0.05, 0.1) is 6.33 Å². The molecule has 0 fully saturated rings. The van der Waals surface area contributed by atoms with Crippen LogP contribution >= 0.6 is 20.7 Å². The maximum absolute atomic E-state index is 12.4. The van der Waals surface area contributed by atoms with Crippen LogP contribution in [0.25, 0.3) is 0 Å². The van der Waals surface area contributed by atoms with E-state index in [4.69, 9.17) is 15.4 Å². The molecule has 0 saturated carbocycles. The topological polar surface area (TPSA) is 102 Å². The molecule has 24 heavy (non-hydrogen) atoms. The minimum absolute atomic E-state index is 0. The number of rotatable bonds is 7. The number of carbonyl (C=O) groups is 1. The molecule has 1 atom stereocenters. The average molecular weight is 380 g/mol. The van der Waals surface area contributed by atoms with Crippen molar-refractivity contribution in [2.24, 2.45) is 5.73 Å². The lowest BCUT2D eigenvalue weighted by Crippen LogP contribution is -2.38. The van der Waals surface area contributed by atoms with Crippen LogP contribution in [-0.4, -0.2) is 42.1 Å². The molecule has 0 bridgehead atoms. The summed E-state index contributed by atoms with van der Waals surface area (Å²) in [5, 5.41) is 0. The molecule has 0 radical (unpaired) electrons. The van der Waals surface area contributed by atoms with Gasteiger partial charge in [0.25, 0.3) is 5.91 Å². The molecule has 10 heteroatoms. The Labute approximate surface area is 145 Å². The third kappa shape index (κ3) is 5.22. The first-order chi connectivity index (χ1) is 11.0. The number of nitrogens with two attached hydrogens (primary N) is 1. The van der Waals surface area contributed by atoms with Crippen LogP contribution in [0, 0.1) is 0 Å². The van der Waals surface area contributed by atoms with Crippen molar-refractivity contribution in [1.82, 2.24) is 4.90 Å². The van der Waals surface area contributed by atoms with Crippen LogP contribution in [0.5, 0.6) is 5.75 Å². The molecule has 1 aromatic rings. The Bertz CT molecular complexity index is 644. The molecular formula is C14H18ClFN2O5P+. The normalized spacial score (nSPS) is 14.8. The van der Waals surface area contributed by atoms with Crippen molar-refractivity contribution in [2.45, 2.75) is 6.42 Å². The predicted molar refractivity (Wildman–Crippen MR) is 87.9 cm³/mol. The fraction of sp³-hybridized carbons (Fsp3) is 0.357. The standard InChI is InChI=1S/C14H16FN2O5P.ClH/c15-6-10(7-16)8-21-12-1-2-13-11(5-12)3-4-17(14(13)18)9-22-23(19)20;/h1-2,5-6H,3-4,7-9,16H2;1H/p+1/b10-6+;. The van der Waals surface area contributed by atoms with Crippen LogP contribution in [0.2, 0.25) is 0 Å². The number of hydrogen-bond acceptors (Lipinski definition) is 5. The highest BCUT2D eigenvalue weighted by atomic mass is 35.5. The monoisotopic (exact) mass is 379 g/mol. The molecule has 132 valence electrons. The average Bonchev–Trinajstić information content (AvgIpc) is 2.55. The van der Waals surface area contributed by atoms with Gasteiger partial charge < -0.3 is 15.4 Å². The highest BCUT2D eigenvalue weighted by molar-refractivity contribution is 7.32. The Morgan fingerprint density at radius 3 is 2.88 bits per heavy atom. The summed E-state index contributed by atoms with van der Waals surface area (Å²) in [6, 6.07) is 4.95. The lowest BCUT2D eigenvalue weighted by Gasteiger charge is -2.26. The number of nitrogens with zero attached hydrogens (tertiary/aromatic N) is 1. The quantitative estimate of drug-likeness (QED) is 0.702. The van der Waals surface area contributed by atoms with Gasteiger partial charge in [0.1, 0.15) is 12.4 Å². The van der Waals surface area contributed by atoms with E-state index in [2.05, 4.69) is 4.52 Å². The first-order valence-electron chi connectivity index (χ1n) is 6.87. The van der Waals surface area contributed by atoms with Crippen molar-refractivity contribution in [3.05, 3.63) is 41.2 Å². The van der Waals surface area contributed by atoms with Crippen molar-refractivity contribution in [3.8, 4) is 5.75 Å². The number of ether oxygens (including phenoxy) is 1. The summed E-state index contributed by atoms with van der Waals surface area (Å²) in [6.07, 6.45) is 0.984. The van der Waals surface area contributed by atoms with Crippen molar-refractivity contribution in [1.29, 1.82) is 0 Å². The van der Waals surface area contributed by atoms with Gasteiger partial charge >= 0.3 is 8.25 Å². The zero-order chi connectivity index (χ0) is 16.8. The van der Waals surface area contributed by atoms with Gasteiger partial charge in [0.15, 0.2) is 6.73 Å². The summed E-state index contributed by atoms with van der Waals surface area (Å²) >= 11 is 0. The number of fused-ring (bicyclic) bond motifs is 1. The van der Waals surface area contributed by atoms with Crippen LogP contribution in [0.4, 0.5) is 4.39 Å². The zero-order valence-corrected chi connectivity index (χ0v) is 14.4. The molecule has 0 spiro atoms. The Morgan fingerprint density at radius 2 is 2.25 bits per heavy atom. The molecule has 2 rings (SSSR count). The number of amides is 1. The minimum Gasteiger partial charge on any atom is -0.489 e. The number of carbonyl (C=O) groups excluding carboxylic acids is 1. The van der Waals surface area contributed by atoms with Crippen molar-refractivity contribution in [2.75, 3.05) is 26.4 Å². The molecule has 3 N–H and O–H groups in total. The van der Waals surface area contributed by atoms with Gasteiger partial charge in [-0.25, -0.2) is 4.39 Å². The molecule has 7 nitrogen and oxygen atoms in total. The lowest BCUT2D eigenvalue weighted by atomic mass is 9.99. The first-order valence-corrected chi connectivity index (χ1v) is 8.00. The van der Waals surface area contributed by atoms with Crippen molar-refractivity contribution < 1.29 is 27.9 Å². The third-order valence-corrected chi connectivity index (χ3v) is 3.75. The van der Waals surface area contributed by atoms with Gasteiger partial charge in [0, 0.05) is 28.8 Å².